The summed E-state index contributed by atoms with van der Waals surface area (Å²) >= 11 is 6.04. The van der Waals surface area contributed by atoms with Gasteiger partial charge in [0.1, 0.15) is 5.52 Å². The molecule has 0 aliphatic rings. The number of anilines is 1. The summed E-state index contributed by atoms with van der Waals surface area (Å²) in [5.41, 5.74) is 2.16. The van der Waals surface area contributed by atoms with Gasteiger partial charge in [0.2, 0.25) is 0 Å². The molecule has 0 spiro atoms. The molecule has 0 unspecified atom stereocenters. The number of fused-ring (bicyclic) bond motifs is 1. The van der Waals surface area contributed by atoms with Crippen LogP contribution in [0.4, 0.5) is 10.6 Å². The van der Waals surface area contributed by atoms with Gasteiger partial charge in [-0.2, -0.15) is 0 Å². The number of pyridine rings is 1. The molecule has 0 fully saturated rings. The van der Waals surface area contributed by atoms with Crippen molar-refractivity contribution in [3.63, 3.8) is 0 Å². The average Bonchev–Trinajstić information content (AvgIpc) is 2.63. The fraction of sp³-hybridized carbons (Fsp3) is 0.176. The lowest BCUT2D eigenvalue weighted by Crippen LogP contribution is -2.28. The van der Waals surface area contributed by atoms with Gasteiger partial charge in [-0.15, -0.1) is 0 Å². The van der Waals surface area contributed by atoms with Gasteiger partial charge in [0, 0.05) is 12.1 Å². The highest BCUT2D eigenvalue weighted by molar-refractivity contribution is 6.32. The Balaban J connectivity index is 2.00. The van der Waals surface area contributed by atoms with Crippen molar-refractivity contribution in [2.24, 2.45) is 0 Å². The van der Waals surface area contributed by atoms with Gasteiger partial charge in [0.15, 0.2) is 23.0 Å². The maximum absolute atomic E-state index is 11.6. The molecule has 26 heavy (non-hydrogen) atoms. The molecule has 2 amide bonds. The summed E-state index contributed by atoms with van der Waals surface area (Å²) in [6.07, 6.45) is 1.46. The summed E-state index contributed by atoms with van der Waals surface area (Å²) in [6, 6.07) is 6.36. The Labute approximate surface area is 154 Å². The van der Waals surface area contributed by atoms with Crippen LogP contribution in [0.5, 0.6) is 11.5 Å². The van der Waals surface area contributed by atoms with Crippen LogP contribution in [0.1, 0.15) is 6.92 Å². The van der Waals surface area contributed by atoms with Gasteiger partial charge in [0.05, 0.1) is 24.0 Å². The third-order valence-electron chi connectivity index (χ3n) is 3.53. The maximum Gasteiger partial charge on any atom is 0.320 e. The van der Waals surface area contributed by atoms with Crippen LogP contribution in [0.15, 0.2) is 30.5 Å². The van der Waals surface area contributed by atoms with Crippen molar-refractivity contribution in [3.05, 3.63) is 35.5 Å². The first-order valence-corrected chi connectivity index (χ1v) is 8.15. The first-order chi connectivity index (χ1) is 12.5. The second-order valence-corrected chi connectivity index (χ2v) is 5.70. The second kappa shape index (κ2) is 7.40. The minimum atomic E-state index is -0.368. The number of amides is 2. The number of carbonyl (C=O) groups is 1. The predicted molar refractivity (Wildman–Crippen MR) is 98.7 cm³/mol. The molecule has 8 nitrogen and oxygen atoms in total. The second-order valence-electron chi connectivity index (χ2n) is 5.29. The third-order valence-corrected chi connectivity index (χ3v) is 3.82. The summed E-state index contributed by atoms with van der Waals surface area (Å²) in [5, 5.41) is 15.2. The van der Waals surface area contributed by atoms with Crippen molar-refractivity contribution < 1.29 is 14.6 Å². The fourth-order valence-corrected chi connectivity index (χ4v) is 2.53. The number of urea groups is 1. The molecule has 2 heterocycles. The summed E-state index contributed by atoms with van der Waals surface area (Å²) in [4.78, 5) is 24.6. The van der Waals surface area contributed by atoms with E-state index in [0.29, 0.717) is 29.0 Å². The van der Waals surface area contributed by atoms with Gasteiger partial charge in [-0.3, -0.25) is 5.32 Å². The lowest BCUT2D eigenvalue weighted by atomic mass is 10.1. The molecule has 0 saturated carbocycles. The number of hydrogen-bond acceptors (Lipinski definition) is 6. The topological polar surface area (TPSA) is 109 Å². The van der Waals surface area contributed by atoms with Crippen molar-refractivity contribution >= 4 is 34.6 Å². The Morgan fingerprint density at radius 2 is 2.12 bits per heavy atom. The highest BCUT2D eigenvalue weighted by Gasteiger charge is 2.12. The number of carbonyl (C=O) groups excluding carboxylic acids is 1. The number of ether oxygens (including phenoxy) is 1. The molecule has 0 aliphatic carbocycles. The standard InChI is InChI=1S/C17H16ClN5O3/c1-3-19-17(25)23-14-8-20-12-5-4-11(21-16(12)22-14)9-6-10(18)15(24)13(7-9)26-2/h4-8,24H,3H2,1-2H3,(H2,19,21,22,23,25). The monoisotopic (exact) mass is 373 g/mol. The summed E-state index contributed by atoms with van der Waals surface area (Å²) in [7, 11) is 1.44. The van der Waals surface area contributed by atoms with Crippen molar-refractivity contribution in [1.29, 1.82) is 0 Å². The highest BCUT2D eigenvalue weighted by atomic mass is 35.5. The first-order valence-electron chi connectivity index (χ1n) is 7.77. The molecule has 3 aromatic rings. The van der Waals surface area contributed by atoms with E-state index in [1.54, 1.807) is 24.3 Å². The van der Waals surface area contributed by atoms with E-state index in [9.17, 15) is 9.90 Å². The molecule has 0 atom stereocenters. The van der Waals surface area contributed by atoms with Gasteiger partial charge >= 0.3 is 6.03 Å². The molecule has 0 saturated heterocycles. The Hall–Kier alpha value is -3.13. The maximum atomic E-state index is 11.6. The average molecular weight is 374 g/mol. The van der Waals surface area contributed by atoms with Crippen LogP contribution in [0, 0.1) is 0 Å². The molecule has 134 valence electrons. The van der Waals surface area contributed by atoms with E-state index in [1.165, 1.54) is 13.3 Å². The number of nitrogens with one attached hydrogen (secondary N) is 2. The molecule has 2 aromatic heterocycles. The van der Waals surface area contributed by atoms with Crippen molar-refractivity contribution in [3.8, 4) is 22.8 Å². The summed E-state index contributed by atoms with van der Waals surface area (Å²) < 4.78 is 5.12. The Morgan fingerprint density at radius 3 is 2.85 bits per heavy atom. The van der Waals surface area contributed by atoms with E-state index < -0.39 is 0 Å². The van der Waals surface area contributed by atoms with E-state index in [1.807, 2.05) is 6.92 Å². The Bertz CT molecular complexity index is 980. The van der Waals surface area contributed by atoms with Crippen LogP contribution in [-0.4, -0.2) is 39.7 Å². The molecular weight excluding hydrogens is 358 g/mol. The normalized spacial score (nSPS) is 10.6. The van der Waals surface area contributed by atoms with E-state index in [0.717, 1.165) is 0 Å². The van der Waals surface area contributed by atoms with Gasteiger partial charge < -0.3 is 15.2 Å². The first kappa shape index (κ1) is 17.7. The van der Waals surface area contributed by atoms with Crippen LogP contribution in [-0.2, 0) is 0 Å². The number of rotatable bonds is 4. The van der Waals surface area contributed by atoms with Crippen LogP contribution in [0.3, 0.4) is 0 Å². The number of phenolic OH excluding ortho intramolecular Hbond substituents is 1. The molecule has 0 bridgehead atoms. The lowest BCUT2D eigenvalue weighted by Gasteiger charge is -2.09. The van der Waals surface area contributed by atoms with Gasteiger partial charge in [-0.05, 0) is 31.2 Å². The summed E-state index contributed by atoms with van der Waals surface area (Å²) in [6.45, 7) is 2.31. The zero-order valence-electron chi connectivity index (χ0n) is 14.1. The molecule has 3 rings (SSSR count). The van der Waals surface area contributed by atoms with Crippen LogP contribution in [0.2, 0.25) is 5.02 Å². The number of hydrogen-bond donors (Lipinski definition) is 3. The van der Waals surface area contributed by atoms with Crippen molar-refractivity contribution in [2.45, 2.75) is 6.92 Å². The third kappa shape index (κ3) is 3.60. The van der Waals surface area contributed by atoms with Crippen LogP contribution >= 0.6 is 11.6 Å². The zero-order chi connectivity index (χ0) is 18.7. The minimum Gasteiger partial charge on any atom is -0.503 e. The SMILES string of the molecule is CCNC(=O)Nc1cnc2ccc(-c3cc(Cl)c(O)c(OC)c3)nc2n1. The fourth-order valence-electron chi connectivity index (χ4n) is 2.32. The number of nitrogens with zero attached hydrogens (tertiary/aromatic N) is 3. The van der Waals surface area contributed by atoms with E-state index in [2.05, 4.69) is 25.6 Å². The number of phenols is 1. The van der Waals surface area contributed by atoms with E-state index >= 15 is 0 Å². The van der Waals surface area contributed by atoms with Crippen molar-refractivity contribution in [2.75, 3.05) is 19.0 Å². The molecule has 0 radical (unpaired) electrons. The molecule has 3 N–H and O–H groups in total. The van der Waals surface area contributed by atoms with Gasteiger partial charge in [-0.25, -0.2) is 19.7 Å². The minimum absolute atomic E-state index is 0.132. The van der Waals surface area contributed by atoms with Crippen LogP contribution in [0.25, 0.3) is 22.4 Å². The largest absolute Gasteiger partial charge is 0.503 e. The molecular formula is C17H16ClN5O3. The molecule has 0 aliphatic heterocycles. The Kier molecular flexibility index (Phi) is 5.04. The Morgan fingerprint density at radius 1 is 1.31 bits per heavy atom. The number of aromatic nitrogens is 3. The smallest absolute Gasteiger partial charge is 0.320 e. The lowest BCUT2D eigenvalue weighted by molar-refractivity contribution is 0.252. The van der Waals surface area contributed by atoms with Gasteiger partial charge in [0.25, 0.3) is 0 Å². The van der Waals surface area contributed by atoms with Crippen LogP contribution < -0.4 is 15.4 Å². The molecule has 9 heteroatoms. The van der Waals surface area contributed by atoms with Crippen molar-refractivity contribution in [1.82, 2.24) is 20.3 Å². The number of benzene rings is 1. The quantitative estimate of drug-likeness (QED) is 0.648. The van der Waals surface area contributed by atoms with Gasteiger partial charge in [-0.1, -0.05) is 11.6 Å². The van der Waals surface area contributed by atoms with E-state index in [-0.39, 0.29) is 28.4 Å². The number of methoxy groups -OCH3 is 1. The predicted octanol–water partition coefficient (Wildman–Crippen LogP) is 3.20. The number of halogens is 1. The summed E-state index contributed by atoms with van der Waals surface area (Å²) in [5.74, 6) is 0.397. The highest BCUT2D eigenvalue weighted by Crippen LogP contribution is 2.38. The number of aromatic hydroxyl groups is 1. The zero-order valence-corrected chi connectivity index (χ0v) is 14.8. The molecule has 1 aromatic carbocycles. The van der Waals surface area contributed by atoms with E-state index in [4.69, 9.17) is 16.3 Å².